The van der Waals surface area contributed by atoms with Crippen LogP contribution in [0.25, 0.3) is 0 Å². The molecule has 0 fully saturated rings. The highest BCUT2D eigenvalue weighted by molar-refractivity contribution is 8.14. The summed E-state index contributed by atoms with van der Waals surface area (Å²) < 4.78 is 0. The van der Waals surface area contributed by atoms with Gasteiger partial charge in [-0.1, -0.05) is 30.0 Å². The molecule has 1 heterocycles. The zero-order chi connectivity index (χ0) is 9.80. The van der Waals surface area contributed by atoms with Gasteiger partial charge in [-0.05, 0) is 11.6 Å². The first-order valence-electron chi connectivity index (χ1n) is 4.62. The predicted octanol–water partition coefficient (Wildman–Crippen LogP) is 1.66. The van der Waals surface area contributed by atoms with Crippen molar-refractivity contribution in [2.45, 2.75) is 6.54 Å². The molecule has 74 valence electrons. The number of hydrogen-bond acceptors (Lipinski definition) is 4. The molecule has 0 aliphatic carbocycles. The first kappa shape index (κ1) is 9.55. The molecule has 1 aliphatic heterocycles. The van der Waals surface area contributed by atoms with Crippen LogP contribution in [-0.2, 0) is 6.54 Å². The van der Waals surface area contributed by atoms with E-state index in [9.17, 15) is 0 Å². The molecule has 14 heavy (non-hydrogen) atoms. The molecule has 1 aromatic carbocycles. The zero-order valence-corrected chi connectivity index (χ0v) is 8.68. The average molecular weight is 207 g/mol. The Morgan fingerprint density at radius 1 is 1.43 bits per heavy atom. The third-order valence-electron chi connectivity index (χ3n) is 2.06. The number of para-hydroxylation sites is 1. The highest BCUT2D eigenvalue weighted by Gasteiger charge is 2.08. The summed E-state index contributed by atoms with van der Waals surface area (Å²) in [4.78, 5) is 4.33. The Hall–Kier alpha value is -1.000. The minimum absolute atomic E-state index is 0.557. The fourth-order valence-electron chi connectivity index (χ4n) is 1.35. The van der Waals surface area contributed by atoms with Crippen LogP contribution < -0.4 is 11.1 Å². The number of rotatable bonds is 2. The van der Waals surface area contributed by atoms with E-state index in [1.807, 2.05) is 24.3 Å². The van der Waals surface area contributed by atoms with Crippen molar-refractivity contribution in [3.05, 3.63) is 29.8 Å². The second kappa shape index (κ2) is 4.48. The van der Waals surface area contributed by atoms with Crippen molar-refractivity contribution in [3.8, 4) is 0 Å². The topological polar surface area (TPSA) is 50.4 Å². The van der Waals surface area contributed by atoms with Crippen molar-refractivity contribution in [1.29, 1.82) is 0 Å². The zero-order valence-electron chi connectivity index (χ0n) is 7.86. The van der Waals surface area contributed by atoms with Gasteiger partial charge in [0.2, 0.25) is 0 Å². The quantitative estimate of drug-likeness (QED) is 0.775. The van der Waals surface area contributed by atoms with E-state index >= 15 is 0 Å². The van der Waals surface area contributed by atoms with Gasteiger partial charge in [-0.25, -0.2) is 0 Å². The number of hydrogen-bond donors (Lipinski definition) is 2. The minimum atomic E-state index is 0.557. The molecule has 0 amide bonds. The van der Waals surface area contributed by atoms with Gasteiger partial charge in [0.05, 0.1) is 6.54 Å². The molecule has 4 heteroatoms. The number of nitrogens with two attached hydrogens (primary N) is 1. The van der Waals surface area contributed by atoms with Gasteiger partial charge in [-0.2, -0.15) is 0 Å². The van der Waals surface area contributed by atoms with Gasteiger partial charge in [0.15, 0.2) is 5.17 Å². The molecule has 1 aromatic rings. The number of nitrogens with zero attached hydrogens (tertiary/aromatic N) is 1. The monoisotopic (exact) mass is 207 g/mol. The molecule has 0 radical (unpaired) electrons. The number of amidine groups is 1. The van der Waals surface area contributed by atoms with Crippen molar-refractivity contribution < 1.29 is 0 Å². The fraction of sp³-hybridized carbons (Fsp3) is 0.300. The first-order valence-corrected chi connectivity index (χ1v) is 5.61. The molecule has 0 spiro atoms. The van der Waals surface area contributed by atoms with Crippen LogP contribution in [0.5, 0.6) is 0 Å². The number of nitrogens with one attached hydrogen (secondary N) is 1. The standard InChI is InChI=1S/C10H13N3S/c11-7-8-3-1-2-4-9(8)13-10-12-5-6-14-10/h1-4H,5-7,11H2,(H,12,13). The molecule has 0 aromatic heterocycles. The smallest absolute Gasteiger partial charge is 0.161 e. The summed E-state index contributed by atoms with van der Waals surface area (Å²) in [5, 5.41) is 4.30. The van der Waals surface area contributed by atoms with Crippen LogP contribution in [0.4, 0.5) is 5.69 Å². The summed E-state index contributed by atoms with van der Waals surface area (Å²) in [7, 11) is 0. The molecule has 0 saturated carbocycles. The van der Waals surface area contributed by atoms with Gasteiger partial charge in [-0.15, -0.1) is 0 Å². The molecular formula is C10H13N3S. The second-order valence-electron chi connectivity index (χ2n) is 3.02. The Kier molecular flexibility index (Phi) is 3.06. The SMILES string of the molecule is NCc1ccccc1NC1=NCCS1. The molecule has 3 N–H and O–H groups in total. The molecule has 2 rings (SSSR count). The van der Waals surface area contributed by atoms with Crippen molar-refractivity contribution in [2.24, 2.45) is 10.7 Å². The third kappa shape index (κ3) is 2.08. The predicted molar refractivity (Wildman–Crippen MR) is 62.7 cm³/mol. The van der Waals surface area contributed by atoms with Crippen LogP contribution in [0.1, 0.15) is 5.56 Å². The maximum atomic E-state index is 5.64. The molecule has 0 saturated heterocycles. The van der Waals surface area contributed by atoms with Crippen LogP contribution >= 0.6 is 11.8 Å². The van der Waals surface area contributed by atoms with Gasteiger partial charge in [0, 0.05) is 18.0 Å². The van der Waals surface area contributed by atoms with Gasteiger partial charge in [-0.3, -0.25) is 4.99 Å². The van der Waals surface area contributed by atoms with Crippen LogP contribution in [-0.4, -0.2) is 17.5 Å². The summed E-state index contributed by atoms with van der Waals surface area (Å²) in [6, 6.07) is 8.06. The Labute approximate surface area is 87.8 Å². The maximum absolute atomic E-state index is 5.64. The van der Waals surface area contributed by atoms with Gasteiger partial charge >= 0.3 is 0 Å². The minimum Gasteiger partial charge on any atom is -0.335 e. The molecule has 0 bridgehead atoms. The van der Waals surface area contributed by atoms with E-state index in [2.05, 4.69) is 10.3 Å². The lowest BCUT2D eigenvalue weighted by Crippen LogP contribution is -2.09. The largest absolute Gasteiger partial charge is 0.335 e. The van der Waals surface area contributed by atoms with E-state index < -0.39 is 0 Å². The Morgan fingerprint density at radius 2 is 2.29 bits per heavy atom. The van der Waals surface area contributed by atoms with Gasteiger partial charge in [0.25, 0.3) is 0 Å². The number of anilines is 1. The highest BCUT2D eigenvalue weighted by atomic mass is 32.2. The van der Waals surface area contributed by atoms with Crippen molar-refractivity contribution >= 4 is 22.6 Å². The van der Waals surface area contributed by atoms with E-state index in [0.29, 0.717) is 6.54 Å². The Balaban J connectivity index is 2.15. The molecular weight excluding hydrogens is 194 g/mol. The van der Waals surface area contributed by atoms with E-state index in [1.165, 1.54) is 0 Å². The lowest BCUT2D eigenvalue weighted by atomic mass is 10.2. The van der Waals surface area contributed by atoms with Crippen LogP contribution in [0.2, 0.25) is 0 Å². The molecule has 3 nitrogen and oxygen atoms in total. The third-order valence-corrected chi connectivity index (χ3v) is 2.96. The Morgan fingerprint density at radius 3 is 3.00 bits per heavy atom. The summed E-state index contributed by atoms with van der Waals surface area (Å²) in [5.74, 6) is 1.08. The van der Waals surface area contributed by atoms with Crippen LogP contribution in [0.3, 0.4) is 0 Å². The summed E-state index contributed by atoms with van der Waals surface area (Å²) in [5.41, 5.74) is 7.84. The fourth-order valence-corrected chi connectivity index (χ4v) is 2.09. The van der Waals surface area contributed by atoms with Gasteiger partial charge < -0.3 is 11.1 Å². The number of aliphatic imine (C=N–C) groups is 1. The summed E-state index contributed by atoms with van der Waals surface area (Å²) >= 11 is 1.75. The Bertz CT molecular complexity index is 349. The first-order chi connectivity index (χ1) is 6.90. The van der Waals surface area contributed by atoms with Crippen molar-refractivity contribution in [1.82, 2.24) is 0 Å². The summed E-state index contributed by atoms with van der Waals surface area (Å²) in [6.07, 6.45) is 0. The van der Waals surface area contributed by atoms with E-state index in [4.69, 9.17) is 5.73 Å². The molecule has 1 aliphatic rings. The lowest BCUT2D eigenvalue weighted by molar-refractivity contribution is 1.07. The van der Waals surface area contributed by atoms with E-state index in [0.717, 1.165) is 28.7 Å². The summed E-state index contributed by atoms with van der Waals surface area (Å²) in [6.45, 7) is 1.47. The second-order valence-corrected chi connectivity index (χ2v) is 4.11. The molecule has 0 atom stereocenters. The molecule has 0 unspecified atom stereocenters. The number of thioether (sulfide) groups is 1. The van der Waals surface area contributed by atoms with Gasteiger partial charge in [0.1, 0.15) is 0 Å². The maximum Gasteiger partial charge on any atom is 0.161 e. The van der Waals surface area contributed by atoms with Crippen molar-refractivity contribution in [3.63, 3.8) is 0 Å². The highest BCUT2D eigenvalue weighted by Crippen LogP contribution is 2.19. The lowest BCUT2D eigenvalue weighted by Gasteiger charge is -2.09. The van der Waals surface area contributed by atoms with Crippen LogP contribution in [0.15, 0.2) is 29.3 Å². The van der Waals surface area contributed by atoms with Crippen LogP contribution in [0, 0.1) is 0 Å². The normalized spacial score (nSPS) is 15.4. The van der Waals surface area contributed by atoms with E-state index in [-0.39, 0.29) is 0 Å². The average Bonchev–Trinajstić information content (AvgIpc) is 2.71. The van der Waals surface area contributed by atoms with E-state index in [1.54, 1.807) is 11.8 Å². The number of benzene rings is 1. The van der Waals surface area contributed by atoms with Crippen molar-refractivity contribution in [2.75, 3.05) is 17.6 Å².